The van der Waals surface area contributed by atoms with E-state index in [1.165, 1.54) is 4.90 Å². The average molecular weight is 465 g/mol. The summed E-state index contributed by atoms with van der Waals surface area (Å²) in [6.07, 6.45) is 3.69. The summed E-state index contributed by atoms with van der Waals surface area (Å²) in [4.78, 5) is 35.1. The number of imide groups is 1. The molecule has 0 aliphatic carbocycles. The number of nitriles is 1. The lowest BCUT2D eigenvalue weighted by atomic mass is 10.1. The van der Waals surface area contributed by atoms with Gasteiger partial charge < -0.3 is 10.6 Å². The summed E-state index contributed by atoms with van der Waals surface area (Å²) in [5.74, 6) is 6.77. The smallest absolute Gasteiger partial charge is 0.261 e. The largest absolute Gasteiger partial charge is 0.369 e. The molecule has 0 radical (unpaired) electrons. The monoisotopic (exact) mass is 464 g/mol. The maximum atomic E-state index is 12.5. The predicted octanol–water partition coefficient (Wildman–Crippen LogP) is 4.34. The molecule has 2 amide bonds. The Balaban J connectivity index is 1.38. The van der Waals surface area contributed by atoms with Gasteiger partial charge in [-0.05, 0) is 49.2 Å². The molecule has 3 aromatic rings. The van der Waals surface area contributed by atoms with Crippen molar-refractivity contribution in [2.45, 2.75) is 26.2 Å². The van der Waals surface area contributed by atoms with Crippen molar-refractivity contribution >= 4 is 29.3 Å². The standard InChI is InChI=1S/C27H24N6O2/c1-2-15-29-24-20(18-30-27(32-24)31-21-13-11-19(17-28)12-14-21)8-4-3-7-16-33-25(34)22-9-5-6-10-23(22)26(33)35/h5-6,9-14,18H,2-3,7,15-16H2,1H3,(H2,29,30,31,32). The van der Waals surface area contributed by atoms with Crippen LogP contribution in [0.4, 0.5) is 17.5 Å². The van der Waals surface area contributed by atoms with Crippen molar-refractivity contribution in [1.82, 2.24) is 14.9 Å². The van der Waals surface area contributed by atoms with Gasteiger partial charge in [0.25, 0.3) is 11.8 Å². The Labute approximate surface area is 204 Å². The van der Waals surface area contributed by atoms with Gasteiger partial charge in [0.05, 0.1) is 34.5 Å². The molecule has 8 nitrogen and oxygen atoms in total. The minimum absolute atomic E-state index is 0.247. The van der Waals surface area contributed by atoms with Gasteiger partial charge >= 0.3 is 0 Å². The van der Waals surface area contributed by atoms with Gasteiger partial charge in [0.2, 0.25) is 5.95 Å². The Bertz CT molecular complexity index is 1310. The van der Waals surface area contributed by atoms with Crippen LogP contribution in [-0.2, 0) is 0 Å². The first-order chi connectivity index (χ1) is 17.1. The summed E-state index contributed by atoms with van der Waals surface area (Å²) in [5.41, 5.74) is 2.95. The molecule has 2 aromatic carbocycles. The van der Waals surface area contributed by atoms with Crippen molar-refractivity contribution in [2.24, 2.45) is 0 Å². The van der Waals surface area contributed by atoms with Crippen LogP contribution >= 0.6 is 0 Å². The average Bonchev–Trinajstić information content (AvgIpc) is 3.13. The van der Waals surface area contributed by atoms with E-state index in [2.05, 4.69) is 45.4 Å². The number of fused-ring (bicyclic) bond motifs is 1. The molecule has 1 aliphatic rings. The Morgan fingerprint density at radius 2 is 1.74 bits per heavy atom. The van der Waals surface area contributed by atoms with Gasteiger partial charge in [-0.2, -0.15) is 10.2 Å². The quantitative estimate of drug-likeness (QED) is 0.290. The van der Waals surface area contributed by atoms with E-state index >= 15 is 0 Å². The number of carbonyl (C=O) groups excluding carboxylic acids is 2. The van der Waals surface area contributed by atoms with Gasteiger partial charge in [-0.3, -0.25) is 14.5 Å². The topological polar surface area (TPSA) is 111 Å². The molecule has 8 heteroatoms. The molecule has 0 saturated carbocycles. The van der Waals surface area contributed by atoms with E-state index in [0.717, 1.165) is 18.7 Å². The number of aromatic nitrogens is 2. The number of anilines is 3. The summed E-state index contributed by atoms with van der Waals surface area (Å²) in [5, 5.41) is 15.4. The van der Waals surface area contributed by atoms with Gasteiger partial charge in [-0.15, -0.1) is 0 Å². The minimum atomic E-state index is -0.247. The number of carbonyl (C=O) groups is 2. The third kappa shape index (κ3) is 5.45. The zero-order valence-corrected chi connectivity index (χ0v) is 19.3. The summed E-state index contributed by atoms with van der Waals surface area (Å²) in [6.45, 7) is 3.13. The zero-order chi connectivity index (χ0) is 24.6. The number of amides is 2. The Morgan fingerprint density at radius 3 is 2.40 bits per heavy atom. The van der Waals surface area contributed by atoms with Crippen LogP contribution in [0.3, 0.4) is 0 Å². The molecule has 174 valence electrons. The van der Waals surface area contributed by atoms with E-state index in [0.29, 0.717) is 53.4 Å². The molecule has 1 aromatic heterocycles. The molecule has 2 heterocycles. The second kappa shape index (κ2) is 11.0. The SMILES string of the molecule is CCCNc1nc(Nc2ccc(C#N)cc2)ncc1C#CCCCN1C(=O)c2ccccc2C1=O. The first-order valence-corrected chi connectivity index (χ1v) is 11.4. The highest BCUT2D eigenvalue weighted by Crippen LogP contribution is 2.23. The first-order valence-electron chi connectivity index (χ1n) is 11.4. The third-order valence-electron chi connectivity index (χ3n) is 5.39. The van der Waals surface area contributed by atoms with E-state index in [4.69, 9.17) is 5.26 Å². The van der Waals surface area contributed by atoms with E-state index in [1.54, 1.807) is 54.7 Å². The van der Waals surface area contributed by atoms with Gasteiger partial charge in [-0.25, -0.2) is 4.98 Å². The van der Waals surface area contributed by atoms with Crippen LogP contribution in [0, 0.1) is 23.2 Å². The molecule has 35 heavy (non-hydrogen) atoms. The van der Waals surface area contributed by atoms with Crippen molar-refractivity contribution in [2.75, 3.05) is 23.7 Å². The molecule has 0 unspecified atom stereocenters. The maximum absolute atomic E-state index is 12.5. The maximum Gasteiger partial charge on any atom is 0.261 e. The number of hydrogen-bond donors (Lipinski definition) is 2. The minimum Gasteiger partial charge on any atom is -0.369 e. The lowest BCUT2D eigenvalue weighted by Crippen LogP contribution is -2.30. The van der Waals surface area contributed by atoms with E-state index in [9.17, 15) is 9.59 Å². The summed E-state index contributed by atoms with van der Waals surface area (Å²) in [6, 6.07) is 16.0. The van der Waals surface area contributed by atoms with Crippen LogP contribution in [-0.4, -0.2) is 39.8 Å². The molecule has 0 bridgehead atoms. The molecule has 0 atom stereocenters. The molecule has 0 spiro atoms. The number of nitrogens with one attached hydrogen (secondary N) is 2. The van der Waals surface area contributed by atoms with Crippen LogP contribution in [0.25, 0.3) is 0 Å². The second-order valence-corrected chi connectivity index (χ2v) is 7.91. The van der Waals surface area contributed by atoms with Crippen LogP contribution in [0.5, 0.6) is 0 Å². The van der Waals surface area contributed by atoms with Crippen LogP contribution < -0.4 is 10.6 Å². The van der Waals surface area contributed by atoms with Crippen LogP contribution in [0.1, 0.15) is 58.0 Å². The number of hydrogen-bond acceptors (Lipinski definition) is 7. The molecular formula is C27H24N6O2. The summed E-state index contributed by atoms with van der Waals surface area (Å²) < 4.78 is 0. The van der Waals surface area contributed by atoms with Crippen molar-refractivity contribution in [1.29, 1.82) is 5.26 Å². The highest BCUT2D eigenvalue weighted by Gasteiger charge is 2.34. The van der Waals surface area contributed by atoms with Crippen LogP contribution in [0.15, 0.2) is 54.7 Å². The summed E-state index contributed by atoms with van der Waals surface area (Å²) >= 11 is 0. The fourth-order valence-corrected chi connectivity index (χ4v) is 3.59. The number of nitrogens with zero attached hydrogens (tertiary/aromatic N) is 4. The molecular weight excluding hydrogens is 440 g/mol. The Morgan fingerprint density at radius 1 is 1.03 bits per heavy atom. The van der Waals surface area contributed by atoms with Crippen LogP contribution in [0.2, 0.25) is 0 Å². The molecule has 4 rings (SSSR count). The van der Waals surface area contributed by atoms with E-state index in [1.807, 2.05) is 0 Å². The predicted molar refractivity (Wildman–Crippen MR) is 133 cm³/mol. The molecule has 0 fully saturated rings. The van der Waals surface area contributed by atoms with Gasteiger partial charge in [0, 0.05) is 25.2 Å². The number of benzene rings is 2. The number of rotatable bonds is 8. The first kappa shape index (κ1) is 23.5. The highest BCUT2D eigenvalue weighted by atomic mass is 16.2. The van der Waals surface area contributed by atoms with E-state index in [-0.39, 0.29) is 11.8 Å². The lowest BCUT2D eigenvalue weighted by Gasteiger charge is -2.12. The Kier molecular flexibility index (Phi) is 7.34. The molecule has 2 N–H and O–H groups in total. The highest BCUT2D eigenvalue weighted by molar-refractivity contribution is 6.21. The van der Waals surface area contributed by atoms with Crippen molar-refractivity contribution < 1.29 is 9.59 Å². The van der Waals surface area contributed by atoms with Crippen molar-refractivity contribution in [3.63, 3.8) is 0 Å². The van der Waals surface area contributed by atoms with Crippen molar-refractivity contribution in [3.8, 4) is 17.9 Å². The van der Waals surface area contributed by atoms with Gasteiger partial charge in [0.1, 0.15) is 5.82 Å². The van der Waals surface area contributed by atoms with E-state index < -0.39 is 0 Å². The van der Waals surface area contributed by atoms with Gasteiger partial charge in [-0.1, -0.05) is 30.9 Å². The van der Waals surface area contributed by atoms with Gasteiger partial charge in [0.15, 0.2) is 0 Å². The Hall–Kier alpha value is -4.69. The zero-order valence-electron chi connectivity index (χ0n) is 19.3. The molecule has 1 aliphatic heterocycles. The van der Waals surface area contributed by atoms with Crippen molar-refractivity contribution in [3.05, 3.63) is 77.0 Å². The normalized spacial score (nSPS) is 11.9. The number of unbranched alkanes of at least 4 members (excludes halogenated alkanes) is 1. The fourth-order valence-electron chi connectivity index (χ4n) is 3.59. The lowest BCUT2D eigenvalue weighted by molar-refractivity contribution is 0.0653. The summed E-state index contributed by atoms with van der Waals surface area (Å²) in [7, 11) is 0. The fraction of sp³-hybridized carbons (Fsp3) is 0.222. The second-order valence-electron chi connectivity index (χ2n) is 7.91. The third-order valence-corrected chi connectivity index (χ3v) is 5.39. The molecule has 0 saturated heterocycles.